The van der Waals surface area contributed by atoms with E-state index in [9.17, 15) is 4.79 Å². The summed E-state index contributed by atoms with van der Waals surface area (Å²) in [5.41, 5.74) is 1.64. The monoisotopic (exact) mass is 315 g/mol. The van der Waals surface area contributed by atoms with Crippen molar-refractivity contribution in [1.82, 2.24) is 10.2 Å². The zero-order chi connectivity index (χ0) is 16.8. The molecule has 1 amide bonds. The summed E-state index contributed by atoms with van der Waals surface area (Å²) in [5, 5.41) is 12.8. The molecule has 1 heterocycles. The average molecular weight is 315 g/mol. The van der Waals surface area contributed by atoms with Crippen LogP contribution in [0.3, 0.4) is 0 Å². The number of methoxy groups -OCH3 is 1. The molecule has 0 spiro atoms. The molecule has 1 aliphatic rings. The fraction of sp³-hybridized carbons (Fsp3) is 0.556. The fourth-order valence-corrected chi connectivity index (χ4v) is 3.20. The lowest BCUT2D eigenvalue weighted by molar-refractivity contribution is -0.131. The second kappa shape index (κ2) is 7.98. The standard InChI is InChI=1S/C18H25N3O2/c1-4-15-12-21(13(2)22)8-7-17(15)20-11-14-5-6-18(23-3)16(9-14)10-19/h5-6,9,15,17,20H,4,7-8,11-12H2,1-3H3/t15-,17+/m0/s1. The molecule has 5 heteroatoms. The summed E-state index contributed by atoms with van der Waals surface area (Å²) < 4.78 is 5.17. The summed E-state index contributed by atoms with van der Waals surface area (Å²) in [4.78, 5) is 13.5. The van der Waals surface area contributed by atoms with Gasteiger partial charge >= 0.3 is 0 Å². The van der Waals surface area contributed by atoms with Gasteiger partial charge in [-0.2, -0.15) is 5.26 Å². The molecule has 1 aromatic carbocycles. The second-order valence-electron chi connectivity index (χ2n) is 6.06. The number of amides is 1. The summed E-state index contributed by atoms with van der Waals surface area (Å²) in [6.45, 7) is 6.18. The van der Waals surface area contributed by atoms with E-state index < -0.39 is 0 Å². The molecule has 2 atom stereocenters. The Kier molecular flexibility index (Phi) is 6.00. The second-order valence-corrected chi connectivity index (χ2v) is 6.06. The van der Waals surface area contributed by atoms with Crippen LogP contribution in [0.2, 0.25) is 0 Å². The number of benzene rings is 1. The van der Waals surface area contributed by atoms with Gasteiger partial charge < -0.3 is 15.0 Å². The molecular weight excluding hydrogens is 290 g/mol. The van der Waals surface area contributed by atoms with Crippen molar-refractivity contribution in [3.8, 4) is 11.8 Å². The van der Waals surface area contributed by atoms with Crippen LogP contribution in [0.15, 0.2) is 18.2 Å². The maximum atomic E-state index is 11.5. The molecule has 0 radical (unpaired) electrons. The lowest BCUT2D eigenvalue weighted by Gasteiger charge is -2.38. The first kappa shape index (κ1) is 17.3. The maximum Gasteiger partial charge on any atom is 0.219 e. The van der Waals surface area contributed by atoms with E-state index >= 15 is 0 Å². The Hall–Kier alpha value is -2.06. The molecule has 1 aromatic rings. The molecule has 0 bridgehead atoms. The fourth-order valence-electron chi connectivity index (χ4n) is 3.20. The quantitative estimate of drug-likeness (QED) is 0.905. The Morgan fingerprint density at radius 1 is 1.52 bits per heavy atom. The minimum atomic E-state index is 0.163. The molecule has 1 fully saturated rings. The summed E-state index contributed by atoms with van der Waals surface area (Å²) in [5.74, 6) is 1.24. The molecule has 0 aliphatic carbocycles. The van der Waals surface area contributed by atoms with Crippen molar-refractivity contribution in [2.45, 2.75) is 39.3 Å². The number of rotatable bonds is 5. The Morgan fingerprint density at radius 3 is 2.91 bits per heavy atom. The third kappa shape index (κ3) is 4.23. The SMILES string of the molecule is CC[C@H]1CN(C(C)=O)CC[C@H]1NCc1ccc(OC)c(C#N)c1. The number of hydrogen-bond donors (Lipinski definition) is 1. The minimum absolute atomic E-state index is 0.163. The van der Waals surface area contributed by atoms with Crippen LogP contribution in [0, 0.1) is 17.2 Å². The predicted octanol–water partition coefficient (Wildman–Crippen LogP) is 2.30. The molecule has 1 aliphatic heterocycles. The van der Waals surface area contributed by atoms with Gasteiger partial charge in [0.1, 0.15) is 11.8 Å². The van der Waals surface area contributed by atoms with Crippen LogP contribution in [0.1, 0.15) is 37.8 Å². The van der Waals surface area contributed by atoms with Gasteiger partial charge in [0.05, 0.1) is 12.7 Å². The maximum absolute atomic E-state index is 11.5. The van der Waals surface area contributed by atoms with Gasteiger partial charge in [-0.1, -0.05) is 19.4 Å². The van der Waals surface area contributed by atoms with Gasteiger partial charge in [0.25, 0.3) is 0 Å². The first-order valence-electron chi connectivity index (χ1n) is 8.15. The number of piperidine rings is 1. The van der Waals surface area contributed by atoms with Crippen molar-refractivity contribution < 1.29 is 9.53 Å². The number of likely N-dealkylation sites (tertiary alicyclic amines) is 1. The topological polar surface area (TPSA) is 65.4 Å². The van der Waals surface area contributed by atoms with Gasteiger partial charge in [0.2, 0.25) is 5.91 Å². The number of ether oxygens (including phenoxy) is 1. The Labute approximate surface area is 138 Å². The number of carbonyl (C=O) groups is 1. The molecule has 5 nitrogen and oxygen atoms in total. The minimum Gasteiger partial charge on any atom is -0.495 e. The number of carbonyl (C=O) groups excluding carboxylic acids is 1. The third-order valence-corrected chi connectivity index (χ3v) is 4.66. The van der Waals surface area contributed by atoms with E-state index in [4.69, 9.17) is 10.00 Å². The number of hydrogen-bond acceptors (Lipinski definition) is 4. The molecule has 124 valence electrons. The first-order chi connectivity index (χ1) is 11.1. The van der Waals surface area contributed by atoms with E-state index in [1.165, 1.54) is 0 Å². The zero-order valence-electron chi connectivity index (χ0n) is 14.1. The van der Waals surface area contributed by atoms with Crippen molar-refractivity contribution in [2.75, 3.05) is 20.2 Å². The van der Waals surface area contributed by atoms with Crippen molar-refractivity contribution in [2.24, 2.45) is 5.92 Å². The molecular formula is C18H25N3O2. The van der Waals surface area contributed by atoms with E-state index in [2.05, 4.69) is 18.3 Å². The third-order valence-electron chi connectivity index (χ3n) is 4.66. The molecule has 0 saturated carbocycles. The van der Waals surface area contributed by atoms with E-state index in [0.29, 0.717) is 23.3 Å². The highest BCUT2D eigenvalue weighted by atomic mass is 16.5. The zero-order valence-corrected chi connectivity index (χ0v) is 14.1. The van der Waals surface area contributed by atoms with Gasteiger partial charge in [-0.25, -0.2) is 0 Å². The number of nitrogens with one attached hydrogen (secondary N) is 1. The highest BCUT2D eigenvalue weighted by Gasteiger charge is 2.28. The number of nitriles is 1. The summed E-state index contributed by atoms with van der Waals surface area (Å²) >= 11 is 0. The number of nitrogens with zero attached hydrogens (tertiary/aromatic N) is 2. The normalized spacial score (nSPS) is 20.9. The van der Waals surface area contributed by atoms with E-state index in [-0.39, 0.29) is 5.91 Å². The van der Waals surface area contributed by atoms with E-state index in [1.807, 2.05) is 23.1 Å². The van der Waals surface area contributed by atoms with Gasteiger partial charge in [0.15, 0.2) is 0 Å². The van der Waals surface area contributed by atoms with Gasteiger partial charge in [-0.15, -0.1) is 0 Å². The van der Waals surface area contributed by atoms with Gasteiger partial charge in [-0.05, 0) is 30.0 Å². The largest absolute Gasteiger partial charge is 0.495 e. The van der Waals surface area contributed by atoms with Gasteiger partial charge in [-0.3, -0.25) is 4.79 Å². The summed E-state index contributed by atoms with van der Waals surface area (Å²) in [7, 11) is 1.57. The molecule has 0 unspecified atom stereocenters. The van der Waals surface area contributed by atoms with Crippen LogP contribution in [0.25, 0.3) is 0 Å². The van der Waals surface area contributed by atoms with Crippen LogP contribution >= 0.6 is 0 Å². The molecule has 1 N–H and O–H groups in total. The highest BCUT2D eigenvalue weighted by molar-refractivity contribution is 5.73. The molecule has 23 heavy (non-hydrogen) atoms. The van der Waals surface area contributed by atoms with Crippen molar-refractivity contribution in [1.29, 1.82) is 5.26 Å². The molecule has 2 rings (SSSR count). The average Bonchev–Trinajstić information content (AvgIpc) is 2.59. The van der Waals surface area contributed by atoms with Crippen molar-refractivity contribution in [3.05, 3.63) is 29.3 Å². The Morgan fingerprint density at radius 2 is 2.30 bits per heavy atom. The predicted molar refractivity (Wildman–Crippen MR) is 89.0 cm³/mol. The Bertz CT molecular complexity index is 594. The van der Waals surface area contributed by atoms with Crippen LogP contribution in [-0.2, 0) is 11.3 Å². The first-order valence-corrected chi connectivity index (χ1v) is 8.15. The summed E-state index contributed by atoms with van der Waals surface area (Å²) in [6, 6.07) is 8.27. The van der Waals surface area contributed by atoms with Crippen LogP contribution in [0.4, 0.5) is 0 Å². The van der Waals surface area contributed by atoms with Gasteiger partial charge in [0, 0.05) is 32.6 Å². The molecule has 1 saturated heterocycles. The Balaban J connectivity index is 1.98. The lowest BCUT2D eigenvalue weighted by Crippen LogP contribution is -2.50. The van der Waals surface area contributed by atoms with Crippen LogP contribution in [-0.4, -0.2) is 37.0 Å². The van der Waals surface area contributed by atoms with E-state index in [0.717, 1.165) is 38.0 Å². The molecule has 0 aromatic heterocycles. The lowest BCUT2D eigenvalue weighted by atomic mass is 9.89. The highest BCUT2D eigenvalue weighted by Crippen LogP contribution is 2.22. The van der Waals surface area contributed by atoms with Crippen molar-refractivity contribution >= 4 is 5.91 Å². The van der Waals surface area contributed by atoms with Crippen LogP contribution < -0.4 is 10.1 Å². The summed E-state index contributed by atoms with van der Waals surface area (Å²) in [6.07, 6.45) is 2.02. The van der Waals surface area contributed by atoms with Crippen LogP contribution in [0.5, 0.6) is 5.75 Å². The smallest absolute Gasteiger partial charge is 0.219 e. The van der Waals surface area contributed by atoms with E-state index in [1.54, 1.807) is 14.0 Å². The van der Waals surface area contributed by atoms with Crippen molar-refractivity contribution in [3.63, 3.8) is 0 Å².